The van der Waals surface area contributed by atoms with Crippen LogP contribution >= 0.6 is 37.5 Å². The van der Waals surface area contributed by atoms with Gasteiger partial charge >= 0.3 is 0 Å². The Morgan fingerprint density at radius 3 is 2.64 bits per heavy atom. The van der Waals surface area contributed by atoms with E-state index in [0.717, 1.165) is 24.0 Å². The molecule has 2 rings (SSSR count). The molecule has 2 atom stereocenters. The Bertz CT molecular complexity index is 431. The zero-order valence-electron chi connectivity index (χ0n) is 13.3. The van der Waals surface area contributed by atoms with Crippen LogP contribution in [0.25, 0.3) is 0 Å². The van der Waals surface area contributed by atoms with Gasteiger partial charge in [-0.1, -0.05) is 49.7 Å². The van der Waals surface area contributed by atoms with Gasteiger partial charge in [-0.2, -0.15) is 0 Å². The molecule has 2 unspecified atom stereocenters. The first kappa shape index (κ1) is 18.6. The Hall–Kier alpha value is 0.280. The normalized spacial score (nSPS) is 20.5. The van der Waals surface area contributed by atoms with E-state index in [2.05, 4.69) is 64.5 Å². The van der Waals surface area contributed by atoms with Crippen molar-refractivity contribution in [3.05, 3.63) is 34.3 Å². The molecule has 22 heavy (non-hydrogen) atoms. The van der Waals surface area contributed by atoms with Crippen LogP contribution in [0.5, 0.6) is 0 Å². The van der Waals surface area contributed by atoms with Gasteiger partial charge in [-0.25, -0.2) is 0 Å². The molecule has 1 aromatic rings. The van der Waals surface area contributed by atoms with Crippen molar-refractivity contribution in [3.8, 4) is 0 Å². The van der Waals surface area contributed by atoms with Gasteiger partial charge in [-0.3, -0.25) is 5.32 Å². The second-order valence-electron chi connectivity index (χ2n) is 5.68. The van der Waals surface area contributed by atoms with Gasteiger partial charge in [-0.15, -0.1) is 0 Å². The maximum atomic E-state index is 5.68. The van der Waals surface area contributed by atoms with Crippen molar-refractivity contribution in [3.63, 3.8) is 0 Å². The lowest BCUT2D eigenvalue weighted by Gasteiger charge is -2.08. The molecule has 0 amide bonds. The van der Waals surface area contributed by atoms with Gasteiger partial charge in [0.25, 0.3) is 0 Å². The fraction of sp³-hybridized carbons (Fsp3) is 0.625. The van der Waals surface area contributed by atoms with Crippen molar-refractivity contribution >= 4 is 37.5 Å². The van der Waals surface area contributed by atoms with Crippen molar-refractivity contribution in [1.82, 2.24) is 10.2 Å². The molecule has 0 aliphatic carbocycles. The third kappa shape index (κ3) is 7.70. The van der Waals surface area contributed by atoms with E-state index in [1.807, 2.05) is 21.6 Å². The first-order valence-electron chi connectivity index (χ1n) is 7.67. The highest BCUT2D eigenvalue weighted by Crippen LogP contribution is 2.25. The van der Waals surface area contributed by atoms with Crippen LogP contribution in [-0.4, -0.2) is 55.9 Å². The summed E-state index contributed by atoms with van der Waals surface area (Å²) in [6.45, 7) is 2.20. The summed E-state index contributed by atoms with van der Waals surface area (Å²) in [5, 5.41) is 3.49. The molecule has 0 bridgehead atoms. The summed E-state index contributed by atoms with van der Waals surface area (Å²) in [4.78, 5) is 2.23. The number of nitrogens with zero attached hydrogens (tertiary/aromatic N) is 1. The molecular formula is C16H25BrN2OS2. The fourth-order valence-electron chi connectivity index (χ4n) is 2.04. The summed E-state index contributed by atoms with van der Waals surface area (Å²) in [7, 11) is 8.19. The molecule has 1 N–H and O–H groups in total. The van der Waals surface area contributed by atoms with E-state index in [4.69, 9.17) is 4.74 Å². The molecule has 1 heterocycles. The molecule has 1 aromatic carbocycles. The zero-order valence-corrected chi connectivity index (χ0v) is 16.5. The number of halogens is 1. The average Bonchev–Trinajstić information content (AvgIpc) is 3.22. The summed E-state index contributed by atoms with van der Waals surface area (Å²) >= 11 is 3.46. The van der Waals surface area contributed by atoms with Gasteiger partial charge in [0.15, 0.2) is 0 Å². The van der Waals surface area contributed by atoms with E-state index in [1.165, 1.54) is 23.5 Å². The molecule has 1 aliphatic rings. The van der Waals surface area contributed by atoms with Gasteiger partial charge < -0.3 is 9.64 Å². The highest BCUT2D eigenvalue weighted by atomic mass is 79.9. The number of benzene rings is 1. The second-order valence-corrected chi connectivity index (χ2v) is 9.30. The molecule has 0 aromatic heterocycles. The number of hydrogen-bond donors (Lipinski definition) is 1. The molecule has 1 saturated heterocycles. The van der Waals surface area contributed by atoms with Crippen LogP contribution in [-0.2, 0) is 11.2 Å². The number of epoxide rings is 1. The van der Waals surface area contributed by atoms with Gasteiger partial charge in [0, 0.05) is 28.9 Å². The van der Waals surface area contributed by atoms with Crippen molar-refractivity contribution in [1.29, 1.82) is 0 Å². The molecule has 6 heteroatoms. The third-order valence-corrected chi connectivity index (χ3v) is 6.39. The van der Waals surface area contributed by atoms with Crippen LogP contribution in [0.2, 0.25) is 0 Å². The Morgan fingerprint density at radius 1 is 1.18 bits per heavy atom. The van der Waals surface area contributed by atoms with Crippen LogP contribution in [0.15, 0.2) is 28.7 Å². The molecule has 3 nitrogen and oxygen atoms in total. The van der Waals surface area contributed by atoms with E-state index in [9.17, 15) is 0 Å². The molecule has 0 saturated carbocycles. The van der Waals surface area contributed by atoms with E-state index in [0.29, 0.717) is 6.10 Å². The fourth-order valence-corrected chi connectivity index (χ4v) is 4.53. The predicted octanol–water partition coefficient (Wildman–Crippen LogP) is 3.64. The van der Waals surface area contributed by atoms with E-state index >= 15 is 0 Å². The minimum Gasteiger partial charge on any atom is -0.353 e. The number of nitrogens with one attached hydrogen (secondary N) is 1. The summed E-state index contributed by atoms with van der Waals surface area (Å²) in [6.07, 6.45) is 2.81. The van der Waals surface area contributed by atoms with Gasteiger partial charge in [0.1, 0.15) is 12.3 Å². The minimum absolute atomic E-state index is 0.259. The summed E-state index contributed by atoms with van der Waals surface area (Å²) in [5.41, 5.74) is 1.34. The lowest BCUT2D eigenvalue weighted by atomic mass is 10.1. The smallest absolute Gasteiger partial charge is 0.135 e. The highest BCUT2D eigenvalue weighted by Gasteiger charge is 2.37. The van der Waals surface area contributed by atoms with E-state index in [-0.39, 0.29) is 6.23 Å². The maximum absolute atomic E-state index is 5.68. The van der Waals surface area contributed by atoms with E-state index in [1.54, 1.807) is 0 Å². The molecule has 124 valence electrons. The Labute approximate surface area is 150 Å². The van der Waals surface area contributed by atoms with Crippen molar-refractivity contribution in [2.75, 3.05) is 38.7 Å². The molecule has 1 aliphatic heterocycles. The first-order valence-corrected chi connectivity index (χ1v) is 11.0. The predicted molar refractivity (Wildman–Crippen MR) is 103 cm³/mol. The van der Waals surface area contributed by atoms with Crippen molar-refractivity contribution in [2.24, 2.45) is 0 Å². The standard InChI is InChI=1S/C16H25BrN2OS2/c1-19(2)9-11-22-21-10-3-8-18-16-15(20-16)12-13-4-6-14(17)7-5-13/h4-7,15-16,18H,3,8-12H2,1-2H3. The molecular weight excluding hydrogens is 380 g/mol. The van der Waals surface area contributed by atoms with Gasteiger partial charge in [-0.05, 0) is 44.8 Å². The van der Waals surface area contributed by atoms with Gasteiger partial charge in [0.2, 0.25) is 0 Å². The summed E-state index contributed by atoms with van der Waals surface area (Å²) in [5.74, 6) is 2.40. The maximum Gasteiger partial charge on any atom is 0.135 e. The lowest BCUT2D eigenvalue weighted by Crippen LogP contribution is -2.22. The largest absolute Gasteiger partial charge is 0.353 e. The Kier molecular flexibility index (Phi) is 8.64. The first-order chi connectivity index (χ1) is 10.6. The highest BCUT2D eigenvalue weighted by molar-refractivity contribution is 9.10. The Balaban J connectivity index is 1.44. The third-order valence-electron chi connectivity index (χ3n) is 3.39. The zero-order chi connectivity index (χ0) is 15.8. The minimum atomic E-state index is 0.259. The number of hydrogen-bond acceptors (Lipinski definition) is 5. The number of rotatable bonds is 11. The quantitative estimate of drug-likeness (QED) is 0.345. The van der Waals surface area contributed by atoms with Crippen LogP contribution in [0.3, 0.4) is 0 Å². The second kappa shape index (κ2) is 10.2. The van der Waals surface area contributed by atoms with Crippen LogP contribution in [0.4, 0.5) is 0 Å². The summed E-state index contributed by atoms with van der Waals surface area (Å²) < 4.78 is 6.81. The number of ether oxygens (including phenoxy) is 1. The lowest BCUT2D eigenvalue weighted by molar-refractivity contribution is 0.344. The molecule has 0 radical (unpaired) electrons. The molecule has 1 fully saturated rings. The topological polar surface area (TPSA) is 27.8 Å². The average molecular weight is 405 g/mol. The van der Waals surface area contributed by atoms with Crippen molar-refractivity contribution < 1.29 is 4.74 Å². The Morgan fingerprint density at radius 2 is 1.91 bits per heavy atom. The van der Waals surface area contributed by atoms with Crippen molar-refractivity contribution in [2.45, 2.75) is 25.2 Å². The van der Waals surface area contributed by atoms with Crippen LogP contribution < -0.4 is 5.32 Å². The van der Waals surface area contributed by atoms with Crippen LogP contribution in [0.1, 0.15) is 12.0 Å². The summed E-state index contributed by atoms with van der Waals surface area (Å²) in [6, 6.07) is 8.49. The molecule has 0 spiro atoms. The SMILES string of the molecule is CN(C)CCSSCCCNC1OC1Cc1ccc(Br)cc1. The monoisotopic (exact) mass is 404 g/mol. The van der Waals surface area contributed by atoms with E-state index < -0.39 is 0 Å². The van der Waals surface area contributed by atoms with Gasteiger partial charge in [0.05, 0.1) is 0 Å². The van der Waals surface area contributed by atoms with Crippen LogP contribution in [0, 0.1) is 0 Å².